The minimum atomic E-state index is 0.529. The molecule has 1 aromatic heterocycles. The average molecular weight is 321 g/mol. The lowest BCUT2D eigenvalue weighted by atomic mass is 10.0. The fourth-order valence-corrected chi connectivity index (χ4v) is 4.02. The van der Waals surface area contributed by atoms with Crippen molar-refractivity contribution in [3.8, 4) is 0 Å². The van der Waals surface area contributed by atoms with Crippen molar-refractivity contribution >= 4 is 28.6 Å². The fourth-order valence-electron chi connectivity index (χ4n) is 2.95. The van der Waals surface area contributed by atoms with Gasteiger partial charge in [-0.2, -0.15) is 0 Å². The first-order chi connectivity index (χ1) is 10.4. The maximum Gasteiger partial charge on any atom is 0.0928 e. The zero-order valence-electron chi connectivity index (χ0n) is 12.2. The van der Waals surface area contributed by atoms with E-state index in [0.29, 0.717) is 5.88 Å². The number of rotatable bonds is 6. The zero-order valence-corrected chi connectivity index (χ0v) is 13.8. The van der Waals surface area contributed by atoms with Gasteiger partial charge in [0.25, 0.3) is 0 Å². The first-order valence-electron chi connectivity index (χ1n) is 7.69. The molecule has 0 N–H and O–H groups in total. The van der Waals surface area contributed by atoms with Crippen LogP contribution >= 0.6 is 22.9 Å². The second kappa shape index (κ2) is 7.28. The van der Waals surface area contributed by atoms with Crippen LogP contribution in [0.25, 0.3) is 0 Å². The summed E-state index contributed by atoms with van der Waals surface area (Å²) >= 11 is 7.53. The molecule has 1 aliphatic rings. The Hall–Kier alpha value is -1.06. The number of aryl methyl sites for hydroxylation is 2. The molecule has 0 fully saturated rings. The van der Waals surface area contributed by atoms with E-state index in [2.05, 4.69) is 39.5 Å². The molecule has 1 aliphatic heterocycles. The number of halogens is 1. The van der Waals surface area contributed by atoms with Gasteiger partial charge in [0.1, 0.15) is 0 Å². The van der Waals surface area contributed by atoms with E-state index in [4.69, 9.17) is 11.6 Å². The number of nitrogens with zero attached hydrogens (tertiary/aromatic N) is 2. The van der Waals surface area contributed by atoms with Gasteiger partial charge >= 0.3 is 0 Å². The summed E-state index contributed by atoms with van der Waals surface area (Å²) in [5.41, 5.74) is 3.97. The monoisotopic (exact) mass is 320 g/mol. The van der Waals surface area contributed by atoms with Gasteiger partial charge in [0.2, 0.25) is 0 Å². The van der Waals surface area contributed by atoms with Crippen LogP contribution < -0.4 is 4.90 Å². The number of benzene rings is 1. The van der Waals surface area contributed by atoms with Crippen LogP contribution in [0.4, 0.5) is 5.69 Å². The summed E-state index contributed by atoms with van der Waals surface area (Å²) in [5.74, 6) is 0.529. The summed E-state index contributed by atoms with van der Waals surface area (Å²) < 4.78 is 0. The molecule has 2 heterocycles. The quantitative estimate of drug-likeness (QED) is 0.568. The maximum atomic E-state index is 5.79. The van der Waals surface area contributed by atoms with Gasteiger partial charge in [0, 0.05) is 24.2 Å². The normalized spacial score (nSPS) is 14.2. The first kappa shape index (κ1) is 14.9. The van der Waals surface area contributed by atoms with Gasteiger partial charge in [0.05, 0.1) is 16.6 Å². The summed E-state index contributed by atoms with van der Waals surface area (Å²) in [6.07, 6.45) is 6.02. The van der Waals surface area contributed by atoms with Crippen LogP contribution in [-0.4, -0.2) is 18.1 Å². The van der Waals surface area contributed by atoms with E-state index in [1.165, 1.54) is 48.5 Å². The zero-order chi connectivity index (χ0) is 14.5. The largest absolute Gasteiger partial charge is 0.371 e. The molecule has 2 aromatic rings. The minimum Gasteiger partial charge on any atom is -0.371 e. The number of alkyl halides is 1. The number of anilines is 1. The third-order valence-corrected chi connectivity index (χ3v) is 5.24. The Labute approximate surface area is 135 Å². The summed E-state index contributed by atoms with van der Waals surface area (Å²) in [5, 5.41) is 3.30. The lowest BCUT2D eigenvalue weighted by molar-refractivity contribution is 0.642. The molecule has 4 heteroatoms. The van der Waals surface area contributed by atoms with Gasteiger partial charge < -0.3 is 4.90 Å². The fraction of sp³-hybridized carbons (Fsp3) is 0.471. The maximum absolute atomic E-state index is 5.79. The molecule has 0 aliphatic carbocycles. The molecule has 2 nitrogen and oxygen atoms in total. The summed E-state index contributed by atoms with van der Waals surface area (Å²) in [6.45, 7) is 2.36. The smallest absolute Gasteiger partial charge is 0.0928 e. The van der Waals surface area contributed by atoms with Crippen molar-refractivity contribution in [2.24, 2.45) is 0 Å². The molecule has 112 valence electrons. The Balaban J connectivity index is 1.48. The highest BCUT2D eigenvalue weighted by Crippen LogP contribution is 2.26. The molecule has 0 unspecified atom stereocenters. The number of hydrogen-bond donors (Lipinski definition) is 0. The van der Waals surface area contributed by atoms with Crippen molar-refractivity contribution < 1.29 is 0 Å². The summed E-state index contributed by atoms with van der Waals surface area (Å²) in [7, 11) is 0. The Morgan fingerprint density at radius 3 is 3.00 bits per heavy atom. The SMILES string of the molecule is ClCc1csc(CCCCN2CCCc3ccccc32)n1. The van der Waals surface area contributed by atoms with Gasteiger partial charge in [-0.25, -0.2) is 4.98 Å². The molecular formula is C17H21ClN2S. The Morgan fingerprint density at radius 1 is 1.24 bits per heavy atom. The Kier molecular flexibility index (Phi) is 5.15. The minimum absolute atomic E-state index is 0.529. The molecule has 0 amide bonds. The van der Waals surface area contributed by atoms with Crippen molar-refractivity contribution in [1.82, 2.24) is 4.98 Å². The molecule has 1 aromatic carbocycles. The van der Waals surface area contributed by atoms with Crippen LogP contribution in [0.2, 0.25) is 0 Å². The van der Waals surface area contributed by atoms with Crippen LogP contribution in [0, 0.1) is 0 Å². The van der Waals surface area contributed by atoms with Crippen LogP contribution in [-0.2, 0) is 18.7 Å². The highest BCUT2D eigenvalue weighted by Gasteiger charge is 2.15. The predicted molar refractivity (Wildman–Crippen MR) is 91.6 cm³/mol. The topological polar surface area (TPSA) is 16.1 Å². The lowest BCUT2D eigenvalue weighted by Crippen LogP contribution is -2.30. The van der Waals surface area contributed by atoms with Gasteiger partial charge in [0.15, 0.2) is 0 Å². The predicted octanol–water partition coefficient (Wildman–Crippen LogP) is 4.66. The average Bonchev–Trinajstić information content (AvgIpc) is 3.00. The van der Waals surface area contributed by atoms with Crippen molar-refractivity contribution in [1.29, 1.82) is 0 Å². The highest BCUT2D eigenvalue weighted by atomic mass is 35.5. The molecule has 0 bridgehead atoms. The number of fused-ring (bicyclic) bond motifs is 1. The third-order valence-electron chi connectivity index (χ3n) is 4.01. The van der Waals surface area contributed by atoms with Gasteiger partial charge in [-0.3, -0.25) is 0 Å². The van der Waals surface area contributed by atoms with Crippen LogP contribution in [0.5, 0.6) is 0 Å². The molecule has 0 saturated heterocycles. The van der Waals surface area contributed by atoms with Crippen LogP contribution in [0.15, 0.2) is 29.6 Å². The number of unbranched alkanes of at least 4 members (excludes halogenated alkanes) is 1. The van der Waals surface area contributed by atoms with E-state index in [1.807, 2.05) is 0 Å². The number of thiazole rings is 1. The lowest BCUT2D eigenvalue weighted by Gasteiger charge is -2.31. The Morgan fingerprint density at radius 2 is 2.14 bits per heavy atom. The van der Waals surface area contributed by atoms with Crippen molar-refractivity contribution in [2.75, 3.05) is 18.0 Å². The van der Waals surface area contributed by atoms with E-state index < -0.39 is 0 Å². The highest BCUT2D eigenvalue weighted by molar-refractivity contribution is 7.09. The second-order valence-electron chi connectivity index (χ2n) is 5.54. The van der Waals surface area contributed by atoms with Crippen molar-refractivity contribution in [3.63, 3.8) is 0 Å². The summed E-state index contributed by atoms with van der Waals surface area (Å²) in [4.78, 5) is 7.07. The van der Waals surface area contributed by atoms with Crippen molar-refractivity contribution in [3.05, 3.63) is 45.9 Å². The molecule has 0 radical (unpaired) electrons. The van der Waals surface area contributed by atoms with Gasteiger partial charge in [-0.05, 0) is 43.7 Å². The van der Waals surface area contributed by atoms with Crippen LogP contribution in [0.3, 0.4) is 0 Å². The number of aromatic nitrogens is 1. The van der Waals surface area contributed by atoms with E-state index in [1.54, 1.807) is 11.3 Å². The van der Waals surface area contributed by atoms with E-state index in [0.717, 1.165) is 18.7 Å². The molecule has 3 rings (SSSR count). The Bertz CT molecular complexity index is 582. The molecule has 0 atom stereocenters. The molecule has 0 saturated carbocycles. The second-order valence-corrected chi connectivity index (χ2v) is 6.75. The molecule has 0 spiro atoms. The first-order valence-corrected chi connectivity index (χ1v) is 9.10. The van der Waals surface area contributed by atoms with E-state index >= 15 is 0 Å². The van der Waals surface area contributed by atoms with Gasteiger partial charge in [-0.15, -0.1) is 22.9 Å². The molecular weight excluding hydrogens is 300 g/mol. The number of hydrogen-bond acceptors (Lipinski definition) is 3. The molecule has 21 heavy (non-hydrogen) atoms. The number of para-hydroxylation sites is 1. The van der Waals surface area contributed by atoms with Crippen LogP contribution in [0.1, 0.15) is 35.5 Å². The third kappa shape index (κ3) is 3.78. The van der Waals surface area contributed by atoms with Gasteiger partial charge in [-0.1, -0.05) is 18.2 Å². The summed E-state index contributed by atoms with van der Waals surface area (Å²) in [6, 6.07) is 8.84. The van der Waals surface area contributed by atoms with E-state index in [9.17, 15) is 0 Å². The van der Waals surface area contributed by atoms with E-state index in [-0.39, 0.29) is 0 Å². The van der Waals surface area contributed by atoms with Crippen molar-refractivity contribution in [2.45, 2.75) is 38.0 Å². The standard InChI is InChI=1S/C17H21ClN2S/c18-12-15-13-21-17(19-15)9-3-4-10-20-11-5-7-14-6-1-2-8-16(14)20/h1-2,6,8,13H,3-5,7,9-12H2.